The van der Waals surface area contributed by atoms with E-state index in [-0.39, 0.29) is 35.5 Å². The first-order valence-electron chi connectivity index (χ1n) is 10.1. The average molecular weight is 385 g/mol. The molecule has 5 nitrogen and oxygen atoms in total. The Kier molecular flexibility index (Phi) is 3.40. The monoisotopic (exact) mass is 385 g/mol. The molecule has 6 atom stereocenters. The van der Waals surface area contributed by atoms with Crippen LogP contribution in [0.3, 0.4) is 0 Å². The van der Waals surface area contributed by atoms with Crippen molar-refractivity contribution in [1.29, 1.82) is 0 Å². The molecule has 0 unspecified atom stereocenters. The molecule has 0 aromatic heterocycles. The van der Waals surface area contributed by atoms with Crippen LogP contribution in [-0.2, 0) is 9.59 Å². The first kappa shape index (κ1) is 16.7. The number of hydrogen-bond donors (Lipinski definition) is 0. The number of hydrogen-bond acceptors (Lipinski definition) is 4. The van der Waals surface area contributed by atoms with Gasteiger partial charge in [-0.1, -0.05) is 30.4 Å². The zero-order valence-electron chi connectivity index (χ0n) is 15.6. The molecule has 0 radical (unpaired) electrons. The molecule has 2 bridgehead atoms. The predicted octanol–water partition coefficient (Wildman–Crippen LogP) is 3.46. The Morgan fingerprint density at radius 2 is 1.41 bits per heavy atom. The van der Waals surface area contributed by atoms with Gasteiger partial charge in [-0.15, -0.1) is 0 Å². The maximum absolute atomic E-state index is 13.1. The van der Waals surface area contributed by atoms with Crippen LogP contribution in [0, 0.1) is 35.5 Å². The molecule has 2 aromatic rings. The van der Waals surface area contributed by atoms with Crippen LogP contribution < -0.4 is 9.64 Å². The molecule has 1 heterocycles. The first-order chi connectivity index (χ1) is 14.1. The van der Waals surface area contributed by atoms with Gasteiger partial charge in [-0.25, -0.2) is 4.79 Å². The van der Waals surface area contributed by atoms with E-state index >= 15 is 0 Å². The molecule has 0 N–H and O–H groups in total. The number of amides is 2. The van der Waals surface area contributed by atoms with Crippen molar-refractivity contribution in [3.63, 3.8) is 0 Å². The van der Waals surface area contributed by atoms with Gasteiger partial charge in [0, 0.05) is 0 Å². The van der Waals surface area contributed by atoms with Gasteiger partial charge in [0.1, 0.15) is 5.75 Å². The summed E-state index contributed by atoms with van der Waals surface area (Å²) in [6.07, 6.45) is 5.49. The summed E-state index contributed by atoms with van der Waals surface area (Å²) >= 11 is 0. The number of imide groups is 1. The molecule has 29 heavy (non-hydrogen) atoms. The maximum atomic E-state index is 13.1. The van der Waals surface area contributed by atoms with E-state index in [2.05, 4.69) is 12.2 Å². The largest absolute Gasteiger partial charge is 0.423 e. The van der Waals surface area contributed by atoms with E-state index in [0.29, 0.717) is 28.8 Å². The van der Waals surface area contributed by atoms with Gasteiger partial charge in [0.15, 0.2) is 0 Å². The lowest BCUT2D eigenvalue weighted by Crippen LogP contribution is -2.40. The van der Waals surface area contributed by atoms with Gasteiger partial charge in [0.2, 0.25) is 11.8 Å². The zero-order valence-corrected chi connectivity index (χ0v) is 15.6. The Balaban J connectivity index is 1.23. The number of carbonyl (C=O) groups is 3. The summed E-state index contributed by atoms with van der Waals surface area (Å²) in [4.78, 5) is 39.8. The van der Waals surface area contributed by atoms with Crippen molar-refractivity contribution in [3.8, 4) is 5.75 Å². The van der Waals surface area contributed by atoms with E-state index in [9.17, 15) is 14.4 Å². The highest BCUT2D eigenvalue weighted by molar-refractivity contribution is 6.22. The summed E-state index contributed by atoms with van der Waals surface area (Å²) in [5, 5.41) is 0. The summed E-state index contributed by atoms with van der Waals surface area (Å²) in [5.41, 5.74) is 1.01. The van der Waals surface area contributed by atoms with E-state index in [0.717, 1.165) is 6.42 Å². The van der Waals surface area contributed by atoms with Crippen molar-refractivity contribution >= 4 is 23.5 Å². The lowest BCUT2D eigenvalue weighted by atomic mass is 9.63. The predicted molar refractivity (Wildman–Crippen MR) is 105 cm³/mol. The van der Waals surface area contributed by atoms with E-state index in [1.807, 2.05) is 6.07 Å². The molecular formula is C24H19NO4. The van der Waals surface area contributed by atoms with Gasteiger partial charge < -0.3 is 4.74 Å². The molecule has 4 aliphatic carbocycles. The third-order valence-electron chi connectivity index (χ3n) is 6.98. The van der Waals surface area contributed by atoms with Gasteiger partial charge in [0.25, 0.3) is 0 Å². The second kappa shape index (κ2) is 5.89. The number of nitrogens with zero attached hydrogens (tertiary/aromatic N) is 1. The van der Waals surface area contributed by atoms with Crippen molar-refractivity contribution in [2.75, 3.05) is 4.90 Å². The minimum Gasteiger partial charge on any atom is -0.423 e. The molecule has 144 valence electrons. The molecule has 2 saturated carbocycles. The van der Waals surface area contributed by atoms with Crippen LogP contribution in [0.15, 0.2) is 66.7 Å². The van der Waals surface area contributed by atoms with Crippen molar-refractivity contribution in [2.45, 2.75) is 6.42 Å². The summed E-state index contributed by atoms with van der Waals surface area (Å²) in [6.45, 7) is 0. The molecule has 5 aliphatic rings. The van der Waals surface area contributed by atoms with Crippen LogP contribution >= 0.6 is 0 Å². The van der Waals surface area contributed by atoms with Crippen LogP contribution in [0.5, 0.6) is 5.75 Å². The van der Waals surface area contributed by atoms with Crippen molar-refractivity contribution in [2.24, 2.45) is 35.5 Å². The molecule has 2 amide bonds. The Morgan fingerprint density at radius 1 is 0.828 bits per heavy atom. The second-order valence-corrected chi connectivity index (χ2v) is 8.42. The van der Waals surface area contributed by atoms with Crippen LogP contribution in [0.25, 0.3) is 0 Å². The molecule has 1 saturated heterocycles. The fourth-order valence-electron chi connectivity index (χ4n) is 5.61. The van der Waals surface area contributed by atoms with Crippen molar-refractivity contribution in [1.82, 2.24) is 0 Å². The summed E-state index contributed by atoms with van der Waals surface area (Å²) < 4.78 is 5.39. The Morgan fingerprint density at radius 3 is 2.00 bits per heavy atom. The van der Waals surface area contributed by atoms with Crippen LogP contribution in [0.2, 0.25) is 0 Å². The van der Waals surface area contributed by atoms with E-state index in [4.69, 9.17) is 4.74 Å². The van der Waals surface area contributed by atoms with Gasteiger partial charge in [-0.2, -0.15) is 0 Å². The van der Waals surface area contributed by atoms with E-state index < -0.39 is 5.97 Å². The number of esters is 1. The van der Waals surface area contributed by atoms with Gasteiger partial charge in [-0.05, 0) is 66.5 Å². The fraction of sp³-hybridized carbons (Fsp3) is 0.292. The topological polar surface area (TPSA) is 63.7 Å². The SMILES string of the molecule is O=C(Oc1ccc(N2C(=O)[C@@H]3[C@H]4C=C[C@@H]([C@@H]5C[C@@H]45)[C@H]3C2=O)cc1)c1ccccc1. The quantitative estimate of drug-likeness (QED) is 0.351. The Labute approximate surface area is 168 Å². The zero-order chi connectivity index (χ0) is 19.7. The third kappa shape index (κ3) is 2.36. The normalized spacial score (nSPS) is 33.4. The average Bonchev–Trinajstić information content (AvgIpc) is 3.53. The van der Waals surface area contributed by atoms with Gasteiger partial charge in [-0.3, -0.25) is 14.5 Å². The number of carbonyl (C=O) groups excluding carboxylic acids is 3. The van der Waals surface area contributed by atoms with Crippen molar-refractivity contribution in [3.05, 3.63) is 72.3 Å². The number of ether oxygens (including phenoxy) is 1. The lowest BCUT2D eigenvalue weighted by molar-refractivity contribution is -0.124. The highest BCUT2D eigenvalue weighted by Gasteiger charge is 2.67. The first-order valence-corrected chi connectivity index (χ1v) is 10.1. The molecule has 7 rings (SSSR count). The maximum Gasteiger partial charge on any atom is 0.343 e. The molecule has 5 heteroatoms. The summed E-state index contributed by atoms with van der Waals surface area (Å²) in [7, 11) is 0. The Bertz CT molecular complexity index is 1020. The molecule has 2 aromatic carbocycles. The third-order valence-corrected chi connectivity index (χ3v) is 6.98. The van der Waals surface area contributed by atoms with Crippen molar-refractivity contribution < 1.29 is 19.1 Å². The van der Waals surface area contributed by atoms with Crippen LogP contribution in [0.1, 0.15) is 16.8 Å². The molecule has 1 aliphatic heterocycles. The fourth-order valence-corrected chi connectivity index (χ4v) is 5.61. The highest BCUT2D eigenvalue weighted by atomic mass is 16.5. The van der Waals surface area contributed by atoms with E-state index in [1.54, 1.807) is 48.5 Å². The minimum absolute atomic E-state index is 0.0845. The van der Waals surface area contributed by atoms with Crippen LogP contribution in [0.4, 0.5) is 5.69 Å². The van der Waals surface area contributed by atoms with Gasteiger partial charge >= 0.3 is 5.97 Å². The smallest absolute Gasteiger partial charge is 0.343 e. The minimum atomic E-state index is -0.445. The number of anilines is 1. The standard InChI is InChI=1S/C24H19NO4/c26-22-20-16-10-11-17(19-12-18(16)19)21(20)23(27)25(22)14-6-8-15(9-7-14)29-24(28)13-4-2-1-3-5-13/h1-11,16-21H,12H2/t16-,17-,18-,19-,20+,21+/m0/s1. The number of allylic oxidation sites excluding steroid dienone is 2. The summed E-state index contributed by atoms with van der Waals surface area (Å²) in [5.74, 6) is 0.934. The summed E-state index contributed by atoms with van der Waals surface area (Å²) in [6, 6.07) is 15.4. The van der Waals surface area contributed by atoms with E-state index in [1.165, 1.54) is 4.90 Å². The number of rotatable bonds is 3. The number of benzene rings is 2. The lowest BCUT2D eigenvalue weighted by Gasteiger charge is -2.37. The molecular weight excluding hydrogens is 366 g/mol. The van der Waals surface area contributed by atoms with Gasteiger partial charge in [0.05, 0.1) is 23.1 Å². The van der Waals surface area contributed by atoms with Crippen LogP contribution in [-0.4, -0.2) is 17.8 Å². The second-order valence-electron chi connectivity index (χ2n) is 8.42. The molecule has 3 fully saturated rings. The Hall–Kier alpha value is -3.21. The molecule has 0 spiro atoms. The highest BCUT2D eigenvalue weighted by Crippen LogP contribution is 2.65.